The van der Waals surface area contributed by atoms with Crippen molar-refractivity contribution in [3.63, 3.8) is 0 Å². The van der Waals surface area contributed by atoms with Crippen LogP contribution in [0.5, 0.6) is 0 Å². The third-order valence-corrected chi connectivity index (χ3v) is 1.81. The number of carbonyl (C=O) groups is 1. The Kier molecular flexibility index (Phi) is 5.67. The van der Waals surface area contributed by atoms with Crippen LogP contribution in [0.25, 0.3) is 10.9 Å². The minimum Gasteiger partial charge on any atom is -0.313 e. The largest absolute Gasteiger partial charge is 0.313 e. The zero-order chi connectivity index (χ0) is 9.10. The molecule has 1 amide bonds. The monoisotopic (exact) mass is 244 g/mol. The molecular weight excluding hydrogens is 235 g/mol. The van der Waals surface area contributed by atoms with Crippen LogP contribution in [0.3, 0.4) is 0 Å². The van der Waals surface area contributed by atoms with Crippen molar-refractivity contribution < 1.29 is 4.79 Å². The molecule has 0 aliphatic carbocycles. The lowest BCUT2D eigenvalue weighted by Crippen LogP contribution is -1.96. The molecule has 80 valence electrons. The van der Waals surface area contributed by atoms with Gasteiger partial charge in [0.05, 0.1) is 5.52 Å². The summed E-state index contributed by atoms with van der Waals surface area (Å²) in [6.45, 7) is 0. The molecule has 1 N–H and O–H groups in total. The van der Waals surface area contributed by atoms with E-state index in [2.05, 4.69) is 10.3 Å². The van der Waals surface area contributed by atoms with Gasteiger partial charge >= 0.3 is 0 Å². The molecule has 0 bridgehead atoms. The van der Waals surface area contributed by atoms with Crippen molar-refractivity contribution in [2.24, 2.45) is 0 Å². The van der Waals surface area contributed by atoms with Crippen LogP contribution in [0.1, 0.15) is 0 Å². The van der Waals surface area contributed by atoms with Gasteiger partial charge in [-0.05, 0) is 18.2 Å². The molecule has 2 rings (SSSR count). The molecule has 1 heterocycles. The van der Waals surface area contributed by atoms with Crippen LogP contribution >= 0.6 is 24.8 Å². The van der Waals surface area contributed by atoms with Crippen molar-refractivity contribution in [1.29, 1.82) is 0 Å². The number of pyridine rings is 1. The van der Waals surface area contributed by atoms with Crippen molar-refractivity contribution in [1.82, 2.24) is 4.98 Å². The van der Waals surface area contributed by atoms with Crippen LogP contribution in [0.2, 0.25) is 0 Å². The lowest BCUT2D eigenvalue weighted by molar-refractivity contribution is -0.105. The number of fused-ring (bicyclic) bond motifs is 1. The first-order valence-electron chi connectivity index (χ1n) is 3.96. The molecule has 0 saturated carbocycles. The van der Waals surface area contributed by atoms with Gasteiger partial charge < -0.3 is 5.32 Å². The maximum atomic E-state index is 10.2. The van der Waals surface area contributed by atoms with E-state index in [9.17, 15) is 4.79 Å². The third kappa shape index (κ3) is 3.08. The second-order valence-electron chi connectivity index (χ2n) is 2.65. The van der Waals surface area contributed by atoms with E-state index in [1.54, 1.807) is 6.07 Å². The van der Waals surface area contributed by atoms with Gasteiger partial charge in [0.1, 0.15) is 5.82 Å². The van der Waals surface area contributed by atoms with Gasteiger partial charge in [-0.15, -0.1) is 24.8 Å². The predicted octanol–water partition coefficient (Wildman–Crippen LogP) is 2.65. The van der Waals surface area contributed by atoms with E-state index in [-0.39, 0.29) is 24.8 Å². The highest BCUT2D eigenvalue weighted by atomic mass is 35.5. The van der Waals surface area contributed by atoms with Crippen molar-refractivity contribution in [2.75, 3.05) is 5.32 Å². The number of anilines is 1. The van der Waals surface area contributed by atoms with Crippen LogP contribution in [0.15, 0.2) is 36.4 Å². The van der Waals surface area contributed by atoms with Gasteiger partial charge in [-0.2, -0.15) is 0 Å². The summed E-state index contributed by atoms with van der Waals surface area (Å²) in [4.78, 5) is 14.4. The highest BCUT2D eigenvalue weighted by Gasteiger charge is 1.94. The molecule has 1 aromatic heterocycles. The highest BCUT2D eigenvalue weighted by molar-refractivity contribution is 5.85. The molecular formula is C10H10Cl2N2O. The fraction of sp³-hybridized carbons (Fsp3) is 0. The second-order valence-corrected chi connectivity index (χ2v) is 2.65. The summed E-state index contributed by atoms with van der Waals surface area (Å²) in [6, 6.07) is 11.5. The number of carbonyl (C=O) groups excluding carboxylic acids is 1. The Morgan fingerprint density at radius 2 is 1.80 bits per heavy atom. The molecule has 0 saturated heterocycles. The van der Waals surface area contributed by atoms with Crippen molar-refractivity contribution in [3.05, 3.63) is 36.4 Å². The highest BCUT2D eigenvalue weighted by Crippen LogP contribution is 2.13. The Balaban J connectivity index is 0.000000980. The van der Waals surface area contributed by atoms with Gasteiger partial charge in [-0.25, -0.2) is 4.98 Å². The van der Waals surface area contributed by atoms with Crippen LogP contribution in [0, 0.1) is 0 Å². The number of hydrogen-bond donors (Lipinski definition) is 1. The number of aromatic nitrogens is 1. The Labute approximate surface area is 99.7 Å². The van der Waals surface area contributed by atoms with E-state index in [0.717, 1.165) is 10.9 Å². The Bertz CT molecular complexity index is 448. The fourth-order valence-electron chi connectivity index (χ4n) is 1.21. The first-order valence-corrected chi connectivity index (χ1v) is 3.96. The SMILES string of the molecule is Cl.Cl.O=CNc1ccc2ccccc2n1. The number of benzene rings is 1. The number of rotatable bonds is 2. The molecule has 3 nitrogen and oxygen atoms in total. The number of amides is 1. The van der Waals surface area contributed by atoms with E-state index >= 15 is 0 Å². The average Bonchev–Trinajstić information content (AvgIpc) is 2.18. The third-order valence-electron chi connectivity index (χ3n) is 1.81. The first-order chi connectivity index (χ1) is 6.40. The quantitative estimate of drug-likeness (QED) is 0.826. The Morgan fingerprint density at radius 3 is 2.53 bits per heavy atom. The van der Waals surface area contributed by atoms with Crippen molar-refractivity contribution in [2.45, 2.75) is 0 Å². The molecule has 0 unspecified atom stereocenters. The fourth-order valence-corrected chi connectivity index (χ4v) is 1.21. The molecule has 2 aromatic rings. The van der Waals surface area contributed by atoms with Gasteiger partial charge in [-0.1, -0.05) is 18.2 Å². The molecule has 1 aromatic carbocycles. The minimum atomic E-state index is 0. The summed E-state index contributed by atoms with van der Waals surface area (Å²) in [5.74, 6) is 0.578. The van der Waals surface area contributed by atoms with Gasteiger partial charge in [0, 0.05) is 5.39 Å². The molecule has 5 heteroatoms. The molecule has 15 heavy (non-hydrogen) atoms. The van der Waals surface area contributed by atoms with E-state index in [1.165, 1.54) is 0 Å². The average molecular weight is 245 g/mol. The van der Waals surface area contributed by atoms with Crippen LogP contribution in [-0.2, 0) is 4.79 Å². The maximum Gasteiger partial charge on any atom is 0.212 e. The van der Waals surface area contributed by atoms with Gasteiger partial charge in [0.15, 0.2) is 0 Å². The van der Waals surface area contributed by atoms with Gasteiger partial charge in [0.2, 0.25) is 6.41 Å². The summed E-state index contributed by atoms with van der Waals surface area (Å²) >= 11 is 0. The molecule has 0 atom stereocenters. The summed E-state index contributed by atoms with van der Waals surface area (Å²) < 4.78 is 0. The lowest BCUT2D eigenvalue weighted by Gasteiger charge is -1.99. The summed E-state index contributed by atoms with van der Waals surface area (Å²) in [7, 11) is 0. The number of nitrogens with one attached hydrogen (secondary N) is 1. The van der Waals surface area contributed by atoms with E-state index in [4.69, 9.17) is 0 Å². The molecule has 0 fully saturated rings. The smallest absolute Gasteiger partial charge is 0.212 e. The second kappa shape index (κ2) is 6.22. The molecule has 0 aliphatic rings. The summed E-state index contributed by atoms with van der Waals surface area (Å²) in [6.07, 6.45) is 0.622. The first kappa shape index (κ1) is 13.7. The van der Waals surface area contributed by atoms with Crippen molar-refractivity contribution in [3.8, 4) is 0 Å². The zero-order valence-corrected chi connectivity index (χ0v) is 9.35. The van der Waals surface area contributed by atoms with Gasteiger partial charge in [0.25, 0.3) is 0 Å². The number of halogens is 2. The van der Waals surface area contributed by atoms with Crippen LogP contribution in [-0.4, -0.2) is 11.4 Å². The minimum absolute atomic E-state index is 0. The van der Waals surface area contributed by atoms with Crippen molar-refractivity contribution >= 4 is 47.9 Å². The standard InChI is InChI=1S/C10H8N2O.2ClH/c13-7-11-10-6-5-8-3-1-2-4-9(8)12-10;;/h1-7H,(H,11,12,13);2*1H. The van der Waals surface area contributed by atoms with Crippen LogP contribution < -0.4 is 5.32 Å². The summed E-state index contributed by atoms with van der Waals surface area (Å²) in [5.41, 5.74) is 0.884. The summed E-state index contributed by atoms with van der Waals surface area (Å²) in [5, 5.41) is 3.58. The molecule has 0 spiro atoms. The van der Waals surface area contributed by atoms with E-state index in [0.29, 0.717) is 12.2 Å². The zero-order valence-electron chi connectivity index (χ0n) is 7.71. The maximum absolute atomic E-state index is 10.2. The number of hydrogen-bond acceptors (Lipinski definition) is 2. The van der Waals surface area contributed by atoms with Crippen LogP contribution in [0.4, 0.5) is 5.82 Å². The Morgan fingerprint density at radius 1 is 1.07 bits per heavy atom. The number of nitrogens with zero attached hydrogens (tertiary/aromatic N) is 1. The van der Waals surface area contributed by atoms with E-state index < -0.39 is 0 Å². The topological polar surface area (TPSA) is 42.0 Å². The number of para-hydroxylation sites is 1. The normalized spacial score (nSPS) is 8.53. The lowest BCUT2D eigenvalue weighted by atomic mass is 10.2. The van der Waals surface area contributed by atoms with E-state index in [1.807, 2.05) is 30.3 Å². The van der Waals surface area contributed by atoms with Gasteiger partial charge in [-0.3, -0.25) is 4.79 Å². The molecule has 0 aliphatic heterocycles. The molecule has 0 radical (unpaired) electrons. The Hall–Kier alpha value is -1.32. The predicted molar refractivity (Wildman–Crippen MR) is 65.9 cm³/mol.